The van der Waals surface area contributed by atoms with Crippen LogP contribution in [0.4, 0.5) is 5.69 Å². The number of aryl methyl sites for hydroxylation is 5. The molecule has 0 aliphatic heterocycles. The molecule has 5 rings (SSSR count). The Bertz CT molecular complexity index is 1660. The van der Waals surface area contributed by atoms with E-state index < -0.39 is 0 Å². The van der Waals surface area contributed by atoms with Crippen molar-refractivity contribution >= 4 is 27.1 Å². The molecular formula is C41H58HfN6S. The molecule has 0 aliphatic carbocycles. The molecule has 0 amide bonds. The maximum Gasteiger partial charge on any atom is 4.00 e. The van der Waals surface area contributed by atoms with Crippen molar-refractivity contribution in [3.8, 4) is 11.3 Å². The third-order valence-electron chi connectivity index (χ3n) is 7.80. The van der Waals surface area contributed by atoms with Crippen molar-refractivity contribution in [2.75, 3.05) is 42.3 Å². The van der Waals surface area contributed by atoms with Gasteiger partial charge < -0.3 is 25.8 Å². The molecule has 8 heteroatoms. The van der Waals surface area contributed by atoms with Gasteiger partial charge in [-0.1, -0.05) is 92.9 Å². The van der Waals surface area contributed by atoms with E-state index in [0.29, 0.717) is 11.8 Å². The molecule has 0 fully saturated rings. The molecule has 0 saturated heterocycles. The van der Waals surface area contributed by atoms with Crippen LogP contribution in [0.3, 0.4) is 0 Å². The summed E-state index contributed by atoms with van der Waals surface area (Å²) in [6.45, 7) is 17.9. The third kappa shape index (κ3) is 11.4. The second-order valence-corrected chi connectivity index (χ2v) is 14.2. The van der Waals surface area contributed by atoms with Gasteiger partial charge in [-0.2, -0.15) is 42.3 Å². The quantitative estimate of drug-likeness (QED) is 0.150. The molecule has 0 aliphatic rings. The Morgan fingerprint density at radius 1 is 0.714 bits per heavy atom. The molecule has 0 bridgehead atoms. The number of benzene rings is 3. The Morgan fingerprint density at radius 3 is 1.69 bits per heavy atom. The number of fused-ring (bicyclic) bond motifs is 1. The summed E-state index contributed by atoms with van der Waals surface area (Å²) in [7, 11) is 12.6. The first-order chi connectivity index (χ1) is 22.8. The van der Waals surface area contributed by atoms with E-state index in [1.807, 2.05) is 11.3 Å². The van der Waals surface area contributed by atoms with E-state index in [2.05, 4.69) is 144 Å². The van der Waals surface area contributed by atoms with Gasteiger partial charge in [0.25, 0.3) is 0 Å². The van der Waals surface area contributed by atoms with E-state index in [-0.39, 0.29) is 31.9 Å². The summed E-state index contributed by atoms with van der Waals surface area (Å²) < 4.78 is 3.50. The molecule has 0 N–H and O–H groups in total. The summed E-state index contributed by atoms with van der Waals surface area (Å²) in [5, 5.41) is 17.4. The Balaban J connectivity index is 0.00000109. The van der Waals surface area contributed by atoms with Crippen molar-refractivity contribution in [3.05, 3.63) is 126 Å². The van der Waals surface area contributed by atoms with E-state index in [9.17, 15) is 0 Å². The van der Waals surface area contributed by atoms with Crippen molar-refractivity contribution in [2.45, 2.75) is 73.3 Å². The van der Waals surface area contributed by atoms with Crippen LogP contribution < -0.4 is 0 Å². The number of para-hydroxylation sites is 1. The van der Waals surface area contributed by atoms with Crippen LogP contribution in [0.5, 0.6) is 0 Å². The van der Waals surface area contributed by atoms with Gasteiger partial charge in [0.2, 0.25) is 0 Å². The van der Waals surface area contributed by atoms with Gasteiger partial charge in [-0.25, -0.2) is 4.98 Å². The molecule has 262 valence electrons. The van der Waals surface area contributed by atoms with E-state index in [1.165, 1.54) is 53.9 Å². The summed E-state index contributed by atoms with van der Waals surface area (Å²) in [4.78, 5) is 6.66. The summed E-state index contributed by atoms with van der Waals surface area (Å²) in [6.07, 6.45) is 2.19. The summed E-state index contributed by atoms with van der Waals surface area (Å²) in [5.74, 6) is 1.73. The van der Waals surface area contributed by atoms with Gasteiger partial charge in [0.1, 0.15) is 0 Å². The zero-order valence-corrected chi connectivity index (χ0v) is 37.0. The van der Waals surface area contributed by atoms with Crippen LogP contribution >= 0.6 is 11.3 Å². The van der Waals surface area contributed by atoms with Crippen LogP contribution in [0.25, 0.3) is 42.6 Å². The monoisotopic (exact) mass is 846 g/mol. The van der Waals surface area contributed by atoms with Gasteiger partial charge in [0, 0.05) is 33.8 Å². The van der Waals surface area contributed by atoms with E-state index >= 15 is 0 Å². The zero-order valence-electron chi connectivity index (χ0n) is 32.6. The van der Waals surface area contributed by atoms with Crippen LogP contribution in [0, 0.1) is 27.7 Å². The first kappa shape index (κ1) is 44.4. The fraction of sp³-hybridized carbons (Fsp3) is 0.439. The second kappa shape index (κ2) is 21.6. The van der Waals surface area contributed by atoms with Crippen molar-refractivity contribution in [3.63, 3.8) is 0 Å². The van der Waals surface area contributed by atoms with E-state index in [0.717, 1.165) is 17.2 Å². The maximum atomic E-state index is 5.65. The minimum absolute atomic E-state index is 0. The van der Waals surface area contributed by atoms with Gasteiger partial charge in [-0.15, -0.1) is 17.0 Å². The second-order valence-electron chi connectivity index (χ2n) is 12.9. The number of thiophene rings is 1. The SMILES string of the molecule is C[N-]C.C[N-]C.C[N-]C.Cc1cc(C)c(C([N-]c2c(C(C)C)cccc2C(C)C)c2nc(-c3c(C)sc4ccccc34)cn2C)c(C)c1.[Hf+4]. The summed E-state index contributed by atoms with van der Waals surface area (Å²) in [5.41, 5.74) is 11.0. The smallest absolute Gasteiger partial charge is 0.671 e. The average molecular weight is 846 g/mol. The number of aromatic nitrogens is 2. The Kier molecular flexibility index (Phi) is 19.5. The molecule has 2 heterocycles. The Hall–Kier alpha value is -2.62. The third-order valence-corrected chi connectivity index (χ3v) is 8.88. The molecule has 6 nitrogen and oxygen atoms in total. The normalized spacial score (nSPS) is 11.1. The van der Waals surface area contributed by atoms with Crippen molar-refractivity contribution < 1.29 is 25.8 Å². The number of hydrogen-bond acceptors (Lipinski definition) is 2. The zero-order chi connectivity index (χ0) is 36.1. The predicted molar refractivity (Wildman–Crippen MR) is 215 cm³/mol. The standard InChI is InChI=1S/C35H40N3S.3C2H6N.Hf/c1-20(2)26-14-12-15-27(21(3)4)33(26)37-34(31-23(6)17-22(5)18-24(31)7)35-36-29(19-38(35)9)32-25(8)39-30-16-11-10-13-28(30)32;3*1-3-2;/h10-21,34H,1-9H3;3*1-2H3;/q4*-1;+4. The number of rotatable bonds is 7. The fourth-order valence-corrected chi connectivity index (χ4v) is 7.08. The number of hydrogen-bond donors (Lipinski definition) is 0. The van der Waals surface area contributed by atoms with Crippen molar-refractivity contribution in [1.82, 2.24) is 9.55 Å². The molecule has 3 aromatic carbocycles. The van der Waals surface area contributed by atoms with Crippen LogP contribution in [0.15, 0.2) is 60.8 Å². The van der Waals surface area contributed by atoms with Gasteiger partial charge in [0.05, 0.1) is 11.5 Å². The van der Waals surface area contributed by atoms with Crippen molar-refractivity contribution in [1.29, 1.82) is 0 Å². The Labute approximate surface area is 320 Å². The number of nitrogens with zero attached hydrogens (tertiary/aromatic N) is 6. The molecule has 2 aromatic heterocycles. The van der Waals surface area contributed by atoms with Crippen LogP contribution in [-0.4, -0.2) is 51.8 Å². The molecule has 5 aromatic rings. The molecule has 0 saturated carbocycles. The van der Waals surface area contributed by atoms with Crippen LogP contribution in [0.2, 0.25) is 0 Å². The molecule has 0 spiro atoms. The van der Waals surface area contributed by atoms with Gasteiger partial charge >= 0.3 is 25.8 Å². The minimum atomic E-state index is -0.216. The Morgan fingerprint density at radius 2 is 1.20 bits per heavy atom. The molecule has 49 heavy (non-hydrogen) atoms. The van der Waals surface area contributed by atoms with E-state index in [4.69, 9.17) is 10.3 Å². The molecular weight excluding hydrogens is 787 g/mol. The largest absolute Gasteiger partial charge is 4.00 e. The van der Waals surface area contributed by atoms with Crippen molar-refractivity contribution in [2.24, 2.45) is 7.05 Å². The van der Waals surface area contributed by atoms with Gasteiger partial charge in [-0.3, -0.25) is 0 Å². The topological polar surface area (TPSA) is 74.2 Å². The minimum Gasteiger partial charge on any atom is -0.671 e. The van der Waals surface area contributed by atoms with Gasteiger partial charge in [-0.05, 0) is 68.3 Å². The van der Waals surface area contributed by atoms with Crippen LogP contribution in [0.1, 0.15) is 89.7 Å². The fourth-order valence-electron chi connectivity index (χ4n) is 6.01. The first-order valence-electron chi connectivity index (χ1n) is 16.7. The number of imidazole rings is 1. The average Bonchev–Trinajstić information content (AvgIpc) is 3.55. The van der Waals surface area contributed by atoms with E-state index in [1.54, 1.807) is 42.3 Å². The molecule has 1 unspecified atom stereocenters. The summed E-state index contributed by atoms with van der Waals surface area (Å²) >= 11 is 1.84. The first-order valence-corrected chi connectivity index (χ1v) is 17.5. The molecule has 1 atom stereocenters. The molecule has 0 radical (unpaired) electrons. The van der Waals surface area contributed by atoms with Gasteiger partial charge in [0.15, 0.2) is 0 Å². The maximum absolute atomic E-state index is 5.65. The summed E-state index contributed by atoms with van der Waals surface area (Å²) in [6, 6.07) is 19.7. The predicted octanol–water partition coefficient (Wildman–Crippen LogP) is 12.4. The van der Waals surface area contributed by atoms with Crippen LogP contribution in [-0.2, 0) is 32.9 Å².